The molecule has 0 saturated heterocycles. The monoisotopic (exact) mass is 341 g/mol. The smallest absolute Gasteiger partial charge is 0.252 e. The standard InChI is InChI=1S/C11H19N3O3S2.ClH/c1-7(2)11(3,6-12)14-10(15)8-4-9(18-5-8)19(13,16)17;/h4-5,7H,6,12H2,1-3H3,(H,14,15)(H2,13,16,17);1H. The van der Waals surface area contributed by atoms with Crippen LogP contribution >= 0.6 is 23.7 Å². The number of primary sulfonamides is 1. The minimum Gasteiger partial charge on any atom is -0.345 e. The largest absolute Gasteiger partial charge is 0.345 e. The Balaban J connectivity index is 0.00000361. The number of nitrogens with one attached hydrogen (secondary N) is 1. The first-order chi connectivity index (χ1) is 8.60. The number of hydrogen-bond donors (Lipinski definition) is 3. The fourth-order valence-electron chi connectivity index (χ4n) is 1.35. The molecule has 1 unspecified atom stereocenters. The van der Waals surface area contributed by atoms with Crippen LogP contribution in [0.3, 0.4) is 0 Å². The van der Waals surface area contributed by atoms with Gasteiger partial charge >= 0.3 is 0 Å². The molecule has 9 heteroatoms. The van der Waals surface area contributed by atoms with Gasteiger partial charge in [0.15, 0.2) is 0 Å². The van der Waals surface area contributed by atoms with Crippen LogP contribution in [0.2, 0.25) is 0 Å². The molecule has 0 aliphatic heterocycles. The number of rotatable bonds is 5. The van der Waals surface area contributed by atoms with Crippen molar-refractivity contribution in [2.75, 3.05) is 6.54 Å². The number of carbonyl (C=O) groups excluding carboxylic acids is 1. The highest BCUT2D eigenvalue weighted by Crippen LogP contribution is 2.21. The summed E-state index contributed by atoms with van der Waals surface area (Å²) in [6, 6.07) is 1.27. The van der Waals surface area contributed by atoms with Crippen molar-refractivity contribution in [1.29, 1.82) is 0 Å². The minimum absolute atomic E-state index is 0. The Bertz CT molecular complexity index is 571. The van der Waals surface area contributed by atoms with Gasteiger partial charge in [-0.05, 0) is 18.9 Å². The predicted octanol–water partition coefficient (Wildman–Crippen LogP) is 0.921. The molecule has 1 atom stereocenters. The third-order valence-corrected chi connectivity index (χ3v) is 5.60. The van der Waals surface area contributed by atoms with E-state index in [0.29, 0.717) is 6.54 Å². The van der Waals surface area contributed by atoms with Crippen LogP contribution in [0.5, 0.6) is 0 Å². The third-order valence-electron chi connectivity index (χ3n) is 3.22. The molecule has 116 valence electrons. The summed E-state index contributed by atoms with van der Waals surface area (Å²) >= 11 is 0.922. The molecule has 1 rings (SSSR count). The first-order valence-corrected chi connectivity index (χ1v) is 8.16. The highest BCUT2D eigenvalue weighted by atomic mass is 35.5. The summed E-state index contributed by atoms with van der Waals surface area (Å²) in [6.07, 6.45) is 0. The number of thiophene rings is 1. The Hall–Kier alpha value is -0.670. The third kappa shape index (κ3) is 4.42. The lowest BCUT2D eigenvalue weighted by molar-refractivity contribution is 0.0883. The van der Waals surface area contributed by atoms with Crippen LogP contribution in [0, 0.1) is 5.92 Å². The van der Waals surface area contributed by atoms with E-state index in [1.165, 1.54) is 11.4 Å². The lowest BCUT2D eigenvalue weighted by atomic mass is 9.88. The number of halogens is 1. The Morgan fingerprint density at radius 2 is 2.05 bits per heavy atom. The summed E-state index contributed by atoms with van der Waals surface area (Å²) < 4.78 is 22.3. The van der Waals surface area contributed by atoms with Gasteiger partial charge in [0.1, 0.15) is 4.21 Å². The van der Waals surface area contributed by atoms with E-state index in [4.69, 9.17) is 10.9 Å². The van der Waals surface area contributed by atoms with Gasteiger partial charge in [-0.1, -0.05) is 13.8 Å². The molecule has 5 N–H and O–H groups in total. The molecule has 0 fully saturated rings. The maximum Gasteiger partial charge on any atom is 0.252 e. The lowest BCUT2D eigenvalue weighted by Crippen LogP contribution is -2.54. The number of hydrogen-bond acceptors (Lipinski definition) is 5. The molecule has 0 aliphatic carbocycles. The van der Waals surface area contributed by atoms with E-state index in [1.807, 2.05) is 20.8 Å². The average molecular weight is 342 g/mol. The number of amides is 1. The van der Waals surface area contributed by atoms with Gasteiger partial charge in [0.25, 0.3) is 5.91 Å². The van der Waals surface area contributed by atoms with Gasteiger partial charge in [0.2, 0.25) is 10.0 Å². The van der Waals surface area contributed by atoms with Gasteiger partial charge in [-0.15, -0.1) is 23.7 Å². The van der Waals surface area contributed by atoms with E-state index in [-0.39, 0.29) is 34.0 Å². The molecule has 0 saturated carbocycles. The normalized spacial score (nSPS) is 14.5. The Morgan fingerprint density at radius 1 is 1.50 bits per heavy atom. The topological polar surface area (TPSA) is 115 Å². The van der Waals surface area contributed by atoms with Gasteiger partial charge < -0.3 is 11.1 Å². The second-order valence-electron chi connectivity index (χ2n) is 4.93. The fourth-order valence-corrected chi connectivity index (χ4v) is 2.93. The zero-order valence-corrected chi connectivity index (χ0v) is 14.0. The Labute approximate surface area is 129 Å². The number of nitrogens with two attached hydrogens (primary N) is 2. The molecule has 1 heterocycles. The van der Waals surface area contributed by atoms with E-state index in [2.05, 4.69) is 5.32 Å². The van der Waals surface area contributed by atoms with Crippen LogP contribution in [0.15, 0.2) is 15.7 Å². The maximum absolute atomic E-state index is 12.1. The molecule has 0 aliphatic rings. The molecule has 0 bridgehead atoms. The van der Waals surface area contributed by atoms with Gasteiger partial charge in [-0.25, -0.2) is 13.6 Å². The summed E-state index contributed by atoms with van der Waals surface area (Å²) in [7, 11) is -3.77. The van der Waals surface area contributed by atoms with Crippen molar-refractivity contribution >= 4 is 39.7 Å². The molecule has 1 aromatic heterocycles. The summed E-state index contributed by atoms with van der Waals surface area (Å²) in [6.45, 7) is 6.05. The van der Waals surface area contributed by atoms with Crippen LogP contribution in [-0.2, 0) is 10.0 Å². The van der Waals surface area contributed by atoms with E-state index in [1.54, 1.807) is 0 Å². The van der Waals surface area contributed by atoms with Crippen LogP contribution in [0.4, 0.5) is 0 Å². The molecular formula is C11H20ClN3O3S2. The van der Waals surface area contributed by atoms with Crippen molar-refractivity contribution in [3.05, 3.63) is 17.0 Å². The van der Waals surface area contributed by atoms with E-state index in [0.717, 1.165) is 11.3 Å². The van der Waals surface area contributed by atoms with Crippen LogP contribution < -0.4 is 16.2 Å². The number of carbonyl (C=O) groups is 1. The molecule has 1 amide bonds. The van der Waals surface area contributed by atoms with Crippen molar-refractivity contribution in [2.45, 2.75) is 30.5 Å². The zero-order valence-electron chi connectivity index (χ0n) is 11.5. The molecular weight excluding hydrogens is 322 g/mol. The van der Waals surface area contributed by atoms with Crippen molar-refractivity contribution in [3.8, 4) is 0 Å². The molecule has 6 nitrogen and oxygen atoms in total. The van der Waals surface area contributed by atoms with Crippen molar-refractivity contribution in [1.82, 2.24) is 5.32 Å². The molecule has 0 radical (unpaired) electrons. The zero-order chi connectivity index (χ0) is 14.8. The predicted molar refractivity (Wildman–Crippen MR) is 82.7 cm³/mol. The summed E-state index contributed by atoms with van der Waals surface area (Å²) in [4.78, 5) is 12.1. The molecule has 20 heavy (non-hydrogen) atoms. The van der Waals surface area contributed by atoms with Crippen molar-refractivity contribution < 1.29 is 13.2 Å². The molecule has 0 spiro atoms. The van der Waals surface area contributed by atoms with Gasteiger partial charge in [-0.3, -0.25) is 4.79 Å². The SMILES string of the molecule is CC(C)C(C)(CN)NC(=O)c1csc(S(N)(=O)=O)c1.Cl. The van der Waals surface area contributed by atoms with Crippen LogP contribution in [-0.4, -0.2) is 26.4 Å². The Morgan fingerprint density at radius 3 is 2.40 bits per heavy atom. The van der Waals surface area contributed by atoms with Crippen molar-refractivity contribution in [2.24, 2.45) is 16.8 Å². The first-order valence-electron chi connectivity index (χ1n) is 5.74. The second kappa shape index (κ2) is 6.86. The highest BCUT2D eigenvalue weighted by molar-refractivity contribution is 7.91. The van der Waals surface area contributed by atoms with E-state index in [9.17, 15) is 13.2 Å². The summed E-state index contributed by atoms with van der Waals surface area (Å²) in [5, 5.41) is 9.30. The summed E-state index contributed by atoms with van der Waals surface area (Å²) in [5.74, 6) is -0.203. The lowest BCUT2D eigenvalue weighted by Gasteiger charge is -2.33. The van der Waals surface area contributed by atoms with Gasteiger partial charge in [0.05, 0.1) is 11.1 Å². The highest BCUT2D eigenvalue weighted by Gasteiger charge is 2.29. The first kappa shape index (κ1) is 19.3. The second-order valence-corrected chi connectivity index (χ2v) is 7.63. The van der Waals surface area contributed by atoms with Gasteiger partial charge in [0, 0.05) is 11.9 Å². The average Bonchev–Trinajstić information content (AvgIpc) is 2.77. The summed E-state index contributed by atoms with van der Waals surface area (Å²) in [5.41, 5.74) is 5.41. The maximum atomic E-state index is 12.1. The van der Waals surface area contributed by atoms with Crippen molar-refractivity contribution in [3.63, 3.8) is 0 Å². The molecule has 0 aromatic carbocycles. The molecule has 1 aromatic rings. The van der Waals surface area contributed by atoms with Crippen LogP contribution in [0.25, 0.3) is 0 Å². The Kier molecular flexibility index (Phi) is 6.63. The quantitative estimate of drug-likeness (QED) is 0.738. The number of sulfonamides is 1. The fraction of sp³-hybridized carbons (Fsp3) is 0.545. The van der Waals surface area contributed by atoms with E-state index < -0.39 is 15.6 Å². The van der Waals surface area contributed by atoms with E-state index >= 15 is 0 Å². The van der Waals surface area contributed by atoms with Crippen LogP contribution in [0.1, 0.15) is 31.1 Å². The van der Waals surface area contributed by atoms with Gasteiger partial charge in [-0.2, -0.15) is 0 Å². The minimum atomic E-state index is -3.77.